The van der Waals surface area contributed by atoms with Crippen LogP contribution in [0, 0.1) is 6.92 Å². The lowest BCUT2D eigenvalue weighted by atomic mass is 10.2. The molecule has 8 heteroatoms. The van der Waals surface area contributed by atoms with E-state index in [1.165, 1.54) is 0 Å². The molecular weight excluding hydrogens is 364 g/mol. The van der Waals surface area contributed by atoms with Crippen LogP contribution in [-0.2, 0) is 11.3 Å². The molecule has 0 radical (unpaired) electrons. The van der Waals surface area contributed by atoms with Gasteiger partial charge in [-0.1, -0.05) is 6.07 Å². The van der Waals surface area contributed by atoms with Gasteiger partial charge in [-0.2, -0.15) is 16.9 Å². The van der Waals surface area contributed by atoms with E-state index in [0.717, 1.165) is 35.0 Å². The molecule has 146 valence electrons. The topological polar surface area (TPSA) is 77.4 Å². The van der Waals surface area contributed by atoms with E-state index in [0.29, 0.717) is 24.5 Å². The van der Waals surface area contributed by atoms with E-state index in [9.17, 15) is 4.79 Å². The number of aryl methyl sites for hydroxylation is 1. The van der Waals surface area contributed by atoms with Crippen molar-refractivity contribution in [2.24, 2.45) is 0 Å². The summed E-state index contributed by atoms with van der Waals surface area (Å²) in [6.45, 7) is 3.43. The number of amides is 1. The zero-order valence-electron chi connectivity index (χ0n) is 15.9. The van der Waals surface area contributed by atoms with Crippen LogP contribution >= 0.6 is 11.8 Å². The maximum atomic E-state index is 12.5. The molecule has 7 nitrogen and oxygen atoms in total. The normalized spacial score (nSPS) is 16.8. The van der Waals surface area contributed by atoms with Crippen LogP contribution < -0.4 is 20.1 Å². The Balaban J connectivity index is 1.70. The van der Waals surface area contributed by atoms with E-state index in [-0.39, 0.29) is 11.9 Å². The van der Waals surface area contributed by atoms with Gasteiger partial charge in [0.2, 0.25) is 5.91 Å². The summed E-state index contributed by atoms with van der Waals surface area (Å²) in [4.78, 5) is 12.5. The fourth-order valence-corrected chi connectivity index (χ4v) is 4.02. The van der Waals surface area contributed by atoms with Crippen molar-refractivity contribution >= 4 is 23.5 Å². The number of nitrogens with zero attached hydrogens (tertiary/aromatic N) is 2. The van der Waals surface area contributed by atoms with Gasteiger partial charge in [-0.3, -0.25) is 4.79 Å². The molecule has 1 atom stereocenters. The first-order chi connectivity index (χ1) is 13.1. The predicted octanol–water partition coefficient (Wildman–Crippen LogP) is 2.29. The Labute approximate surface area is 163 Å². The zero-order chi connectivity index (χ0) is 19.2. The zero-order valence-corrected chi connectivity index (χ0v) is 16.8. The molecule has 1 amide bonds. The standard InChI is InChI=1S/C19H26N4O3S/c1-13-10-21-23(11-14-4-5-16(25-2)17(8-14)26-3)19(13)22-18(24)9-15-12-27-7-6-20-15/h4-5,8,10,15,20H,6-7,9,11-12H2,1-3H3,(H,22,24). The van der Waals surface area contributed by atoms with Crippen molar-refractivity contribution in [2.75, 3.05) is 37.6 Å². The van der Waals surface area contributed by atoms with Crippen LogP contribution in [0.3, 0.4) is 0 Å². The van der Waals surface area contributed by atoms with Crippen molar-refractivity contribution in [3.63, 3.8) is 0 Å². The van der Waals surface area contributed by atoms with Crippen molar-refractivity contribution in [3.8, 4) is 11.5 Å². The Morgan fingerprint density at radius 1 is 1.37 bits per heavy atom. The number of hydrogen-bond acceptors (Lipinski definition) is 6. The molecule has 3 rings (SSSR count). The molecule has 1 aromatic carbocycles. The maximum absolute atomic E-state index is 12.5. The third kappa shape index (κ3) is 4.95. The molecular formula is C19H26N4O3S. The maximum Gasteiger partial charge on any atom is 0.227 e. The van der Waals surface area contributed by atoms with Crippen LogP contribution in [0.25, 0.3) is 0 Å². The molecule has 0 spiro atoms. The number of anilines is 1. The molecule has 1 aliphatic heterocycles. The number of ether oxygens (including phenoxy) is 2. The molecule has 1 aromatic heterocycles. The van der Waals surface area contributed by atoms with Crippen LogP contribution in [0.15, 0.2) is 24.4 Å². The first kappa shape index (κ1) is 19.6. The van der Waals surface area contributed by atoms with Gasteiger partial charge >= 0.3 is 0 Å². The summed E-state index contributed by atoms with van der Waals surface area (Å²) in [5.74, 6) is 4.17. The number of methoxy groups -OCH3 is 2. The molecule has 0 aliphatic carbocycles. The average molecular weight is 391 g/mol. The van der Waals surface area contributed by atoms with Gasteiger partial charge in [0.1, 0.15) is 5.82 Å². The molecule has 1 aliphatic rings. The number of thioether (sulfide) groups is 1. The fourth-order valence-electron chi connectivity index (χ4n) is 3.07. The molecule has 2 heterocycles. The summed E-state index contributed by atoms with van der Waals surface area (Å²) in [5.41, 5.74) is 1.95. The number of hydrogen-bond donors (Lipinski definition) is 2. The fraction of sp³-hybridized carbons (Fsp3) is 0.474. The Morgan fingerprint density at radius 2 is 2.19 bits per heavy atom. The smallest absolute Gasteiger partial charge is 0.227 e. The second kappa shape index (κ2) is 9.14. The number of carbonyl (C=O) groups excluding carboxylic acids is 1. The van der Waals surface area contributed by atoms with Crippen molar-refractivity contribution in [1.82, 2.24) is 15.1 Å². The van der Waals surface area contributed by atoms with Crippen LogP contribution in [0.2, 0.25) is 0 Å². The summed E-state index contributed by atoms with van der Waals surface area (Å²) in [6.07, 6.45) is 2.24. The number of nitrogens with one attached hydrogen (secondary N) is 2. The van der Waals surface area contributed by atoms with Crippen molar-refractivity contribution in [3.05, 3.63) is 35.5 Å². The van der Waals surface area contributed by atoms with E-state index >= 15 is 0 Å². The van der Waals surface area contributed by atoms with Gasteiger partial charge in [0.25, 0.3) is 0 Å². The van der Waals surface area contributed by atoms with E-state index in [1.54, 1.807) is 25.1 Å². The lowest BCUT2D eigenvalue weighted by molar-refractivity contribution is -0.116. The molecule has 27 heavy (non-hydrogen) atoms. The van der Waals surface area contributed by atoms with Gasteiger partial charge in [0.05, 0.1) is 27.0 Å². The van der Waals surface area contributed by atoms with Gasteiger partial charge < -0.3 is 20.1 Å². The molecule has 1 saturated heterocycles. The third-order valence-corrected chi connectivity index (χ3v) is 5.62. The molecule has 0 bridgehead atoms. The molecule has 1 unspecified atom stereocenters. The second-order valence-electron chi connectivity index (χ2n) is 6.50. The summed E-state index contributed by atoms with van der Waals surface area (Å²) in [7, 11) is 3.23. The minimum absolute atomic E-state index is 0.00663. The SMILES string of the molecule is COc1ccc(Cn2ncc(C)c2NC(=O)CC2CSCCN2)cc1OC. The van der Waals surface area contributed by atoms with Gasteiger partial charge in [-0.05, 0) is 24.6 Å². The first-order valence-corrected chi connectivity index (χ1v) is 10.1. The van der Waals surface area contributed by atoms with Gasteiger partial charge in [0.15, 0.2) is 11.5 Å². The Morgan fingerprint density at radius 3 is 2.89 bits per heavy atom. The lowest BCUT2D eigenvalue weighted by Gasteiger charge is -2.22. The highest BCUT2D eigenvalue weighted by Crippen LogP contribution is 2.28. The molecule has 0 saturated carbocycles. The lowest BCUT2D eigenvalue weighted by Crippen LogP contribution is -2.40. The van der Waals surface area contributed by atoms with Gasteiger partial charge in [0, 0.05) is 36.1 Å². The van der Waals surface area contributed by atoms with E-state index in [4.69, 9.17) is 9.47 Å². The first-order valence-electron chi connectivity index (χ1n) is 8.95. The minimum Gasteiger partial charge on any atom is -0.493 e. The summed E-state index contributed by atoms with van der Waals surface area (Å²) >= 11 is 1.89. The number of rotatable bonds is 7. The van der Waals surface area contributed by atoms with E-state index in [2.05, 4.69) is 15.7 Å². The number of benzene rings is 1. The Hall–Kier alpha value is -2.19. The van der Waals surface area contributed by atoms with Gasteiger partial charge in [-0.15, -0.1) is 0 Å². The van der Waals surface area contributed by atoms with Crippen molar-refractivity contribution in [2.45, 2.75) is 25.9 Å². The van der Waals surface area contributed by atoms with Gasteiger partial charge in [-0.25, -0.2) is 4.68 Å². The summed E-state index contributed by atoms with van der Waals surface area (Å²) < 4.78 is 12.5. The largest absolute Gasteiger partial charge is 0.493 e. The monoisotopic (exact) mass is 390 g/mol. The molecule has 2 N–H and O–H groups in total. The molecule has 1 fully saturated rings. The highest BCUT2D eigenvalue weighted by atomic mass is 32.2. The minimum atomic E-state index is 0.00663. The van der Waals surface area contributed by atoms with Crippen molar-refractivity contribution in [1.29, 1.82) is 0 Å². The van der Waals surface area contributed by atoms with Crippen LogP contribution in [0.1, 0.15) is 17.5 Å². The van der Waals surface area contributed by atoms with Crippen LogP contribution in [0.5, 0.6) is 11.5 Å². The van der Waals surface area contributed by atoms with Crippen molar-refractivity contribution < 1.29 is 14.3 Å². The molecule has 2 aromatic rings. The number of aromatic nitrogens is 2. The average Bonchev–Trinajstić information content (AvgIpc) is 3.02. The predicted molar refractivity (Wildman–Crippen MR) is 108 cm³/mol. The third-order valence-electron chi connectivity index (χ3n) is 4.49. The van der Waals surface area contributed by atoms with E-state index in [1.807, 2.05) is 36.9 Å². The quantitative estimate of drug-likeness (QED) is 0.755. The highest BCUT2D eigenvalue weighted by Gasteiger charge is 2.19. The summed E-state index contributed by atoms with van der Waals surface area (Å²) in [5, 5.41) is 10.8. The number of carbonyl (C=O) groups is 1. The Kier molecular flexibility index (Phi) is 6.63. The van der Waals surface area contributed by atoms with Crippen LogP contribution in [-0.4, -0.2) is 54.0 Å². The van der Waals surface area contributed by atoms with E-state index < -0.39 is 0 Å². The highest BCUT2D eigenvalue weighted by molar-refractivity contribution is 7.99. The Bertz CT molecular complexity index is 787. The summed E-state index contributed by atoms with van der Waals surface area (Å²) in [6, 6.07) is 5.98. The second-order valence-corrected chi connectivity index (χ2v) is 7.65. The van der Waals surface area contributed by atoms with Crippen LogP contribution in [0.4, 0.5) is 5.82 Å².